The van der Waals surface area contributed by atoms with Crippen LogP contribution >= 0.6 is 11.6 Å². The van der Waals surface area contributed by atoms with Crippen molar-refractivity contribution >= 4 is 27.6 Å². The van der Waals surface area contributed by atoms with Crippen LogP contribution in [0.25, 0.3) is 17.1 Å². The Morgan fingerprint density at radius 2 is 1.56 bits per heavy atom. The fourth-order valence-electron chi connectivity index (χ4n) is 3.43. The number of hydrogen-bond donors (Lipinski definition) is 1. The maximum absolute atomic E-state index is 13.5. The molecule has 0 aliphatic rings. The van der Waals surface area contributed by atoms with Crippen molar-refractivity contribution in [1.29, 1.82) is 0 Å². The van der Waals surface area contributed by atoms with Gasteiger partial charge in [-0.15, -0.1) is 10.2 Å². The third kappa shape index (κ3) is 4.93. The normalized spacial score (nSPS) is 13.1. The minimum atomic E-state index is -4.02. The molecule has 0 saturated carbocycles. The number of rotatable bonds is 9. The molecule has 0 saturated heterocycles. The first-order valence-electron chi connectivity index (χ1n) is 10.7. The Hall–Kier alpha value is -3.84. The highest BCUT2D eigenvalue weighted by Crippen LogP contribution is 2.35. The van der Waals surface area contributed by atoms with E-state index in [1.165, 1.54) is 37.5 Å². The van der Waals surface area contributed by atoms with Crippen molar-refractivity contribution in [2.75, 3.05) is 18.9 Å². The first kappa shape index (κ1) is 25.3. The van der Waals surface area contributed by atoms with Crippen LogP contribution < -0.4 is 14.2 Å². The van der Waals surface area contributed by atoms with Gasteiger partial charge in [0, 0.05) is 23.9 Å². The van der Waals surface area contributed by atoms with Crippen molar-refractivity contribution in [3.8, 4) is 28.8 Å². The SMILES string of the molecule is COc1ncnc(OC)c1-n1c(NS(=O)(=O)C(C)C(C)c2ncc(Cl)cn2)nnc1-c1ccccc1. The first-order chi connectivity index (χ1) is 17.3. The molecular formula is C22H23ClN8O4S. The van der Waals surface area contributed by atoms with Crippen molar-refractivity contribution in [1.82, 2.24) is 34.7 Å². The molecule has 0 amide bonds. The van der Waals surface area contributed by atoms with Gasteiger partial charge in [0.05, 0.1) is 24.5 Å². The lowest BCUT2D eigenvalue weighted by Gasteiger charge is -2.21. The number of methoxy groups -OCH3 is 2. The molecular weight excluding hydrogens is 508 g/mol. The quantitative estimate of drug-likeness (QED) is 0.342. The molecule has 36 heavy (non-hydrogen) atoms. The van der Waals surface area contributed by atoms with E-state index in [1.807, 2.05) is 30.3 Å². The maximum Gasteiger partial charge on any atom is 0.245 e. The molecule has 0 aliphatic heterocycles. The molecule has 0 radical (unpaired) electrons. The summed E-state index contributed by atoms with van der Waals surface area (Å²) in [6, 6.07) is 9.12. The van der Waals surface area contributed by atoms with Crippen molar-refractivity contribution in [2.24, 2.45) is 0 Å². The zero-order valence-electron chi connectivity index (χ0n) is 19.8. The van der Waals surface area contributed by atoms with E-state index in [1.54, 1.807) is 13.8 Å². The van der Waals surface area contributed by atoms with Gasteiger partial charge in [-0.3, -0.25) is 9.29 Å². The van der Waals surface area contributed by atoms with Gasteiger partial charge in [-0.05, 0) is 6.92 Å². The molecule has 1 aromatic carbocycles. The molecule has 4 aromatic rings. The van der Waals surface area contributed by atoms with Crippen LogP contribution in [-0.4, -0.2) is 62.6 Å². The third-order valence-electron chi connectivity index (χ3n) is 5.54. The average molecular weight is 531 g/mol. The smallest absolute Gasteiger partial charge is 0.245 e. The van der Waals surface area contributed by atoms with E-state index in [4.69, 9.17) is 21.1 Å². The second-order valence-electron chi connectivity index (χ2n) is 7.69. The molecule has 3 aromatic heterocycles. The fourth-order valence-corrected chi connectivity index (χ4v) is 4.76. The molecule has 4 rings (SSSR count). The number of benzene rings is 1. The summed E-state index contributed by atoms with van der Waals surface area (Å²) >= 11 is 5.87. The first-order valence-corrected chi connectivity index (χ1v) is 12.6. The Balaban J connectivity index is 1.81. The molecule has 12 nitrogen and oxygen atoms in total. The molecule has 0 fully saturated rings. The number of halogens is 1. The van der Waals surface area contributed by atoms with E-state index < -0.39 is 21.2 Å². The summed E-state index contributed by atoms with van der Waals surface area (Å²) in [7, 11) is -1.16. The van der Waals surface area contributed by atoms with Crippen molar-refractivity contribution in [2.45, 2.75) is 25.0 Å². The minimum absolute atomic E-state index is 0.101. The molecule has 2 unspecified atom stereocenters. The van der Waals surface area contributed by atoms with Gasteiger partial charge in [-0.2, -0.15) is 9.97 Å². The van der Waals surface area contributed by atoms with Gasteiger partial charge in [0.2, 0.25) is 27.7 Å². The topological polar surface area (TPSA) is 147 Å². The summed E-state index contributed by atoms with van der Waals surface area (Å²) in [5.41, 5.74) is 0.894. The second kappa shape index (κ2) is 10.4. The van der Waals surface area contributed by atoms with Crippen LogP contribution in [0.4, 0.5) is 5.95 Å². The second-order valence-corrected chi connectivity index (χ2v) is 10.2. The monoisotopic (exact) mass is 530 g/mol. The van der Waals surface area contributed by atoms with Gasteiger partial charge in [0.1, 0.15) is 12.2 Å². The maximum atomic E-state index is 13.5. The van der Waals surface area contributed by atoms with E-state index in [2.05, 4.69) is 34.9 Å². The third-order valence-corrected chi connectivity index (χ3v) is 7.58. The van der Waals surface area contributed by atoms with Crippen LogP contribution in [-0.2, 0) is 10.0 Å². The number of aromatic nitrogens is 7. The number of hydrogen-bond acceptors (Lipinski definition) is 10. The molecule has 188 valence electrons. The van der Waals surface area contributed by atoms with Crippen molar-refractivity contribution in [3.05, 3.63) is 59.9 Å². The van der Waals surface area contributed by atoms with Gasteiger partial charge >= 0.3 is 0 Å². The lowest BCUT2D eigenvalue weighted by Crippen LogP contribution is -2.31. The number of nitrogens with zero attached hydrogens (tertiary/aromatic N) is 7. The Bertz CT molecular complexity index is 1430. The number of nitrogens with one attached hydrogen (secondary N) is 1. The zero-order valence-corrected chi connectivity index (χ0v) is 21.4. The average Bonchev–Trinajstić information content (AvgIpc) is 3.30. The molecule has 14 heteroatoms. The molecule has 0 bridgehead atoms. The standard InChI is InChI=1S/C22H23ClN8O4S/c1-13(18-24-10-16(23)11-25-18)14(2)36(32,33)30-22-29-28-19(15-8-6-5-7-9-15)31(22)17-20(34-3)26-12-27-21(17)35-4/h5-14H,1-4H3,(H,29,30). The summed E-state index contributed by atoms with van der Waals surface area (Å²) in [6.07, 6.45) is 4.11. The summed E-state index contributed by atoms with van der Waals surface area (Å²) in [5, 5.41) is 7.80. The van der Waals surface area contributed by atoms with E-state index in [-0.39, 0.29) is 23.4 Å². The largest absolute Gasteiger partial charge is 0.479 e. The lowest BCUT2D eigenvalue weighted by molar-refractivity contribution is 0.368. The van der Waals surface area contributed by atoms with Crippen LogP contribution in [0.3, 0.4) is 0 Å². The molecule has 0 aliphatic carbocycles. The molecule has 3 heterocycles. The van der Waals surface area contributed by atoms with E-state index in [9.17, 15) is 8.42 Å². The zero-order chi connectivity index (χ0) is 25.9. The van der Waals surface area contributed by atoms with Gasteiger partial charge < -0.3 is 9.47 Å². The molecule has 1 N–H and O–H groups in total. The van der Waals surface area contributed by atoms with Gasteiger partial charge in [-0.25, -0.2) is 18.4 Å². The summed E-state index contributed by atoms with van der Waals surface area (Å²) in [5.74, 6) is 0.265. The van der Waals surface area contributed by atoms with Gasteiger partial charge in [-0.1, -0.05) is 48.9 Å². The number of sulfonamides is 1. The summed E-state index contributed by atoms with van der Waals surface area (Å²) in [6.45, 7) is 3.26. The predicted octanol–water partition coefficient (Wildman–Crippen LogP) is 3.12. The van der Waals surface area contributed by atoms with Crippen LogP contribution in [0.1, 0.15) is 25.6 Å². The number of ether oxygens (including phenoxy) is 2. The Morgan fingerprint density at radius 3 is 2.14 bits per heavy atom. The minimum Gasteiger partial charge on any atom is -0.479 e. The fraction of sp³-hybridized carbons (Fsp3) is 0.273. The van der Waals surface area contributed by atoms with Gasteiger partial charge in [0.15, 0.2) is 11.5 Å². The Morgan fingerprint density at radius 1 is 0.944 bits per heavy atom. The van der Waals surface area contributed by atoms with E-state index in [0.29, 0.717) is 22.2 Å². The van der Waals surface area contributed by atoms with Crippen molar-refractivity contribution in [3.63, 3.8) is 0 Å². The van der Waals surface area contributed by atoms with Crippen molar-refractivity contribution < 1.29 is 17.9 Å². The summed E-state index contributed by atoms with van der Waals surface area (Å²) in [4.78, 5) is 16.6. The Kier molecular flexibility index (Phi) is 7.31. The predicted molar refractivity (Wildman–Crippen MR) is 133 cm³/mol. The van der Waals surface area contributed by atoms with Crippen LogP contribution in [0.5, 0.6) is 11.8 Å². The highest BCUT2D eigenvalue weighted by Gasteiger charge is 2.32. The van der Waals surface area contributed by atoms with Crippen LogP contribution in [0.2, 0.25) is 5.02 Å². The number of anilines is 1. The molecule has 2 atom stereocenters. The van der Waals surface area contributed by atoms with Crippen LogP contribution in [0, 0.1) is 0 Å². The highest BCUT2D eigenvalue weighted by atomic mass is 35.5. The highest BCUT2D eigenvalue weighted by molar-refractivity contribution is 7.93. The van der Waals surface area contributed by atoms with E-state index >= 15 is 0 Å². The Labute approximate surface area is 212 Å². The molecule has 0 spiro atoms. The summed E-state index contributed by atoms with van der Waals surface area (Å²) < 4.78 is 41.8. The lowest BCUT2D eigenvalue weighted by atomic mass is 10.1. The van der Waals surface area contributed by atoms with E-state index in [0.717, 1.165) is 0 Å². The van der Waals surface area contributed by atoms with Crippen LogP contribution in [0.15, 0.2) is 49.1 Å². The van der Waals surface area contributed by atoms with Gasteiger partial charge in [0.25, 0.3) is 0 Å².